The molecular formula is C9H19O. The number of rotatable bonds is 7. The molecule has 0 aliphatic rings. The fraction of sp³-hybridized carbons (Fsp3) is 0.889. The maximum absolute atomic E-state index is 4.82. The highest BCUT2D eigenvalue weighted by molar-refractivity contribution is 4.50. The number of hydrogen-bond donors (Lipinski definition) is 0. The normalized spacial score (nSPS) is 10.2. The standard InChI is InChI=1S/C9H19O/c1-3-4-5-6-7-8-9-10-2/h9H,3-8H2,1-2H3. The molecule has 0 atom stereocenters. The van der Waals surface area contributed by atoms with Crippen molar-refractivity contribution in [2.45, 2.75) is 45.4 Å². The van der Waals surface area contributed by atoms with Crippen LogP contribution in [0.15, 0.2) is 0 Å². The molecule has 0 fully saturated rings. The van der Waals surface area contributed by atoms with Crippen molar-refractivity contribution < 1.29 is 4.74 Å². The Kier molecular flexibility index (Phi) is 8.92. The van der Waals surface area contributed by atoms with Gasteiger partial charge in [-0.15, -0.1) is 0 Å². The van der Waals surface area contributed by atoms with Gasteiger partial charge in [0.05, 0.1) is 6.61 Å². The third-order valence-corrected chi connectivity index (χ3v) is 1.59. The molecule has 0 aromatic carbocycles. The molecule has 0 spiro atoms. The maximum Gasteiger partial charge on any atom is 0.0832 e. The van der Waals surface area contributed by atoms with Crippen molar-refractivity contribution in [2.24, 2.45) is 0 Å². The fourth-order valence-electron chi connectivity index (χ4n) is 0.949. The molecule has 1 nitrogen and oxygen atoms in total. The molecule has 0 aromatic heterocycles. The smallest absolute Gasteiger partial charge is 0.0832 e. The predicted octanol–water partition coefficient (Wildman–Crippen LogP) is 3.16. The van der Waals surface area contributed by atoms with Gasteiger partial charge in [0.2, 0.25) is 0 Å². The molecule has 61 valence electrons. The zero-order valence-corrected chi connectivity index (χ0v) is 7.23. The van der Waals surface area contributed by atoms with E-state index in [-0.39, 0.29) is 0 Å². The summed E-state index contributed by atoms with van der Waals surface area (Å²) in [5.41, 5.74) is 0. The Balaban J connectivity index is 2.65. The summed E-state index contributed by atoms with van der Waals surface area (Å²) in [6, 6.07) is 0. The second kappa shape index (κ2) is 8.96. The number of unbranched alkanes of at least 4 members (excludes halogenated alkanes) is 5. The molecule has 0 aliphatic carbocycles. The van der Waals surface area contributed by atoms with Crippen molar-refractivity contribution in [3.63, 3.8) is 0 Å². The van der Waals surface area contributed by atoms with E-state index >= 15 is 0 Å². The van der Waals surface area contributed by atoms with E-state index in [0.29, 0.717) is 0 Å². The highest BCUT2D eigenvalue weighted by atomic mass is 16.5. The topological polar surface area (TPSA) is 9.23 Å². The molecule has 0 rings (SSSR count). The number of hydrogen-bond acceptors (Lipinski definition) is 1. The first-order valence-corrected chi connectivity index (χ1v) is 4.26. The highest BCUT2D eigenvalue weighted by Crippen LogP contribution is 2.05. The molecule has 0 aromatic rings. The first kappa shape index (κ1) is 9.96. The fourth-order valence-corrected chi connectivity index (χ4v) is 0.949. The zero-order valence-electron chi connectivity index (χ0n) is 7.23. The van der Waals surface area contributed by atoms with Crippen molar-refractivity contribution in [3.05, 3.63) is 6.61 Å². The number of ether oxygens (including phenoxy) is 1. The maximum atomic E-state index is 4.82. The van der Waals surface area contributed by atoms with Crippen LogP contribution in [0.2, 0.25) is 0 Å². The van der Waals surface area contributed by atoms with Crippen LogP contribution in [-0.4, -0.2) is 7.11 Å². The van der Waals surface area contributed by atoms with Gasteiger partial charge >= 0.3 is 0 Å². The van der Waals surface area contributed by atoms with Crippen molar-refractivity contribution in [1.82, 2.24) is 0 Å². The Hall–Kier alpha value is -0.0400. The average Bonchev–Trinajstić information content (AvgIpc) is 1.97. The second-order valence-corrected chi connectivity index (χ2v) is 2.61. The zero-order chi connectivity index (χ0) is 7.66. The predicted molar refractivity (Wildman–Crippen MR) is 44.7 cm³/mol. The minimum Gasteiger partial charge on any atom is -0.379 e. The average molecular weight is 143 g/mol. The largest absolute Gasteiger partial charge is 0.379 e. The Morgan fingerprint density at radius 3 is 2.40 bits per heavy atom. The van der Waals surface area contributed by atoms with E-state index in [1.807, 2.05) is 6.61 Å². The lowest BCUT2D eigenvalue weighted by Crippen LogP contribution is -1.81. The summed E-state index contributed by atoms with van der Waals surface area (Å²) in [5.74, 6) is 0. The Labute approximate surface area is 64.8 Å². The summed E-state index contributed by atoms with van der Waals surface area (Å²) < 4.78 is 4.82. The van der Waals surface area contributed by atoms with Crippen molar-refractivity contribution in [3.8, 4) is 0 Å². The first-order valence-electron chi connectivity index (χ1n) is 4.26. The molecule has 10 heavy (non-hydrogen) atoms. The Morgan fingerprint density at radius 1 is 1.10 bits per heavy atom. The summed E-state index contributed by atoms with van der Waals surface area (Å²) in [5, 5.41) is 0. The summed E-state index contributed by atoms with van der Waals surface area (Å²) in [6.45, 7) is 4.12. The van der Waals surface area contributed by atoms with Gasteiger partial charge in [0.25, 0.3) is 0 Å². The molecule has 0 amide bonds. The minimum absolute atomic E-state index is 1.11. The van der Waals surface area contributed by atoms with Gasteiger partial charge in [-0.25, -0.2) is 0 Å². The second-order valence-electron chi connectivity index (χ2n) is 2.61. The van der Waals surface area contributed by atoms with Crippen LogP contribution in [0.1, 0.15) is 45.4 Å². The van der Waals surface area contributed by atoms with Gasteiger partial charge in [-0.1, -0.05) is 39.0 Å². The van der Waals surface area contributed by atoms with Gasteiger partial charge in [-0.05, 0) is 6.42 Å². The minimum atomic E-state index is 1.11. The summed E-state index contributed by atoms with van der Waals surface area (Å²) >= 11 is 0. The molecule has 1 radical (unpaired) electrons. The molecule has 0 aliphatic heterocycles. The van der Waals surface area contributed by atoms with Gasteiger partial charge in [0, 0.05) is 7.11 Å². The van der Waals surface area contributed by atoms with E-state index in [1.54, 1.807) is 7.11 Å². The molecule has 0 saturated heterocycles. The Bertz CT molecular complexity index is 44.7. The van der Waals surface area contributed by atoms with Crippen molar-refractivity contribution in [2.75, 3.05) is 7.11 Å². The third kappa shape index (κ3) is 7.96. The van der Waals surface area contributed by atoms with Gasteiger partial charge in [0.1, 0.15) is 0 Å². The molecule has 0 bridgehead atoms. The summed E-state index contributed by atoms with van der Waals surface area (Å²) in [4.78, 5) is 0. The van der Waals surface area contributed by atoms with Crippen LogP contribution in [0, 0.1) is 6.61 Å². The molecule has 0 N–H and O–H groups in total. The molecule has 0 unspecified atom stereocenters. The van der Waals surface area contributed by atoms with Crippen LogP contribution < -0.4 is 0 Å². The van der Waals surface area contributed by atoms with Crippen LogP contribution in [0.4, 0.5) is 0 Å². The molecule has 1 heteroatoms. The van der Waals surface area contributed by atoms with E-state index in [0.717, 1.165) is 6.42 Å². The lowest BCUT2D eigenvalue weighted by Gasteiger charge is -1.97. The van der Waals surface area contributed by atoms with E-state index < -0.39 is 0 Å². The summed E-state index contributed by atoms with van der Waals surface area (Å²) in [7, 11) is 1.71. The van der Waals surface area contributed by atoms with Crippen LogP contribution >= 0.6 is 0 Å². The first-order chi connectivity index (χ1) is 4.91. The van der Waals surface area contributed by atoms with E-state index in [4.69, 9.17) is 4.74 Å². The lowest BCUT2D eigenvalue weighted by atomic mass is 10.1. The van der Waals surface area contributed by atoms with Gasteiger partial charge in [0.15, 0.2) is 0 Å². The van der Waals surface area contributed by atoms with Crippen LogP contribution in [0.3, 0.4) is 0 Å². The SMILES string of the molecule is CCCCCCC[CH]OC. The van der Waals surface area contributed by atoms with Crippen LogP contribution in [0.5, 0.6) is 0 Å². The summed E-state index contributed by atoms with van der Waals surface area (Å²) in [6.07, 6.45) is 7.84. The van der Waals surface area contributed by atoms with Crippen LogP contribution in [0.25, 0.3) is 0 Å². The third-order valence-electron chi connectivity index (χ3n) is 1.59. The molecule has 0 heterocycles. The van der Waals surface area contributed by atoms with Gasteiger partial charge in [-0.3, -0.25) is 0 Å². The quantitative estimate of drug-likeness (QED) is 0.497. The lowest BCUT2D eigenvalue weighted by molar-refractivity contribution is 0.262. The van der Waals surface area contributed by atoms with Crippen molar-refractivity contribution in [1.29, 1.82) is 0 Å². The van der Waals surface area contributed by atoms with E-state index in [2.05, 4.69) is 6.92 Å². The van der Waals surface area contributed by atoms with Gasteiger partial charge in [-0.2, -0.15) is 0 Å². The number of methoxy groups -OCH3 is 1. The highest BCUT2D eigenvalue weighted by Gasteiger charge is 1.88. The van der Waals surface area contributed by atoms with E-state index in [9.17, 15) is 0 Å². The van der Waals surface area contributed by atoms with Crippen molar-refractivity contribution >= 4 is 0 Å². The van der Waals surface area contributed by atoms with E-state index in [1.165, 1.54) is 32.1 Å². The molecular weight excluding hydrogens is 124 g/mol. The Morgan fingerprint density at radius 2 is 1.80 bits per heavy atom. The van der Waals surface area contributed by atoms with Gasteiger partial charge < -0.3 is 4.74 Å². The van der Waals surface area contributed by atoms with Crippen LogP contribution in [-0.2, 0) is 4.74 Å². The molecule has 0 saturated carbocycles. The monoisotopic (exact) mass is 143 g/mol.